The van der Waals surface area contributed by atoms with Gasteiger partial charge in [0.05, 0.1) is 6.61 Å². The van der Waals surface area contributed by atoms with Crippen LogP contribution in [0.2, 0.25) is 0 Å². The molecule has 0 aromatic rings. The maximum Gasteiger partial charge on any atom is 0.0655 e. The molecule has 0 atom stereocenters. The Balaban J connectivity index is 2.69. The molecule has 0 aromatic heterocycles. The van der Waals surface area contributed by atoms with Crippen molar-refractivity contribution in [3.05, 3.63) is 11.1 Å². The molecule has 0 saturated carbocycles. The normalized spacial score (nSPS) is 10.6. The van der Waals surface area contributed by atoms with Crippen molar-refractivity contribution in [1.29, 1.82) is 0 Å². The van der Waals surface area contributed by atoms with E-state index in [9.17, 15) is 0 Å². The van der Waals surface area contributed by atoms with Crippen LogP contribution in [0.3, 0.4) is 0 Å². The third kappa shape index (κ3) is 6.18. The van der Waals surface area contributed by atoms with E-state index >= 15 is 0 Å². The second-order valence-corrected chi connectivity index (χ2v) is 1.55. The van der Waals surface area contributed by atoms with Crippen LogP contribution in [0.4, 0.5) is 0 Å². The van der Waals surface area contributed by atoms with Gasteiger partial charge in [-0.2, -0.15) is 0 Å². The summed E-state index contributed by atoms with van der Waals surface area (Å²) in [5.74, 6) is 0. The van der Waals surface area contributed by atoms with Gasteiger partial charge in [-0.15, -0.1) is 0 Å². The fraction of sp³-hybridized carbons (Fsp3) is 0.600. The van der Waals surface area contributed by atoms with Gasteiger partial charge >= 0.3 is 0 Å². The fourth-order valence-corrected chi connectivity index (χ4v) is 0.375. The summed E-state index contributed by atoms with van der Waals surface area (Å²) < 4.78 is 4.96. The highest BCUT2D eigenvalue weighted by molar-refractivity contribution is 9.11. The molecule has 0 radical (unpaired) electrons. The molecule has 0 amide bonds. The van der Waals surface area contributed by atoms with Crippen molar-refractivity contribution in [2.24, 2.45) is 0 Å². The molecular weight excluding hydrogens is 156 g/mol. The first-order valence-electron chi connectivity index (χ1n) is 2.24. The molecule has 0 unspecified atom stereocenters. The van der Waals surface area contributed by atoms with Crippen LogP contribution in [-0.2, 0) is 4.74 Å². The molecule has 0 bridgehead atoms. The molecule has 0 aliphatic rings. The van der Waals surface area contributed by atoms with E-state index in [-0.39, 0.29) is 0 Å². The molecular formula is C5H9BrO. The van der Waals surface area contributed by atoms with E-state index in [1.807, 2.05) is 13.0 Å². The van der Waals surface area contributed by atoms with Crippen molar-refractivity contribution >= 4 is 15.9 Å². The summed E-state index contributed by atoms with van der Waals surface area (Å²) >= 11 is 3.12. The summed E-state index contributed by atoms with van der Waals surface area (Å²) in [6, 6.07) is 0. The maximum atomic E-state index is 4.96. The molecule has 2 heteroatoms. The van der Waals surface area contributed by atoms with Crippen LogP contribution < -0.4 is 0 Å². The largest absolute Gasteiger partial charge is 0.378 e. The lowest BCUT2D eigenvalue weighted by molar-refractivity contribution is 0.177. The van der Waals surface area contributed by atoms with Crippen molar-refractivity contribution in [3.63, 3.8) is 0 Å². The molecule has 42 valence electrons. The van der Waals surface area contributed by atoms with E-state index in [0.29, 0.717) is 6.61 Å². The van der Waals surface area contributed by atoms with Gasteiger partial charge in [-0.3, -0.25) is 0 Å². The first-order chi connectivity index (χ1) is 3.41. The zero-order valence-corrected chi connectivity index (χ0v) is 5.94. The number of ether oxygens (including phenoxy) is 1. The monoisotopic (exact) mass is 164 g/mol. The molecule has 0 spiro atoms. The molecule has 0 heterocycles. The summed E-state index contributed by atoms with van der Waals surface area (Å²) in [6.07, 6.45) is 1.91. The molecule has 1 nitrogen and oxygen atoms in total. The Morgan fingerprint density at radius 1 is 1.71 bits per heavy atom. The van der Waals surface area contributed by atoms with Gasteiger partial charge in [-0.05, 0) is 11.9 Å². The van der Waals surface area contributed by atoms with E-state index < -0.39 is 0 Å². The van der Waals surface area contributed by atoms with Crippen LogP contribution in [0.1, 0.15) is 6.92 Å². The summed E-state index contributed by atoms with van der Waals surface area (Å²) in [6.45, 7) is 3.47. The Morgan fingerprint density at radius 3 is 2.86 bits per heavy atom. The highest BCUT2D eigenvalue weighted by atomic mass is 79.9. The number of rotatable bonds is 3. The quantitative estimate of drug-likeness (QED) is 0.580. The molecule has 0 N–H and O–H groups in total. The third-order valence-corrected chi connectivity index (χ3v) is 0.881. The highest BCUT2D eigenvalue weighted by Gasteiger charge is 1.70. The third-order valence-electron chi connectivity index (χ3n) is 0.507. The Hall–Kier alpha value is 0.180. The Morgan fingerprint density at radius 2 is 2.43 bits per heavy atom. The molecule has 7 heavy (non-hydrogen) atoms. The van der Waals surface area contributed by atoms with E-state index in [4.69, 9.17) is 4.74 Å². The van der Waals surface area contributed by atoms with Gasteiger partial charge in [0.2, 0.25) is 0 Å². The molecule has 0 fully saturated rings. The van der Waals surface area contributed by atoms with Crippen molar-refractivity contribution in [1.82, 2.24) is 0 Å². The topological polar surface area (TPSA) is 9.23 Å². The number of halogens is 1. The van der Waals surface area contributed by atoms with Crippen LogP contribution in [-0.4, -0.2) is 13.2 Å². The Bertz CT molecular complexity index is 52.0. The van der Waals surface area contributed by atoms with Gasteiger partial charge in [0.1, 0.15) is 0 Å². The molecule has 0 rings (SSSR count). The zero-order chi connectivity index (χ0) is 5.54. The molecule has 0 aliphatic heterocycles. The molecule has 0 aliphatic carbocycles. The predicted molar refractivity (Wildman–Crippen MR) is 34.6 cm³/mol. The standard InChI is InChI=1S/C5H9BrO/c1-2-7-5-3-4-6/h3-4H,2,5H2,1H3/b4-3-. The molecule has 0 saturated heterocycles. The van der Waals surface area contributed by atoms with E-state index in [1.54, 1.807) is 4.99 Å². The second-order valence-electron chi connectivity index (χ2n) is 1.02. The minimum Gasteiger partial charge on any atom is -0.378 e. The number of hydrogen-bond acceptors (Lipinski definition) is 1. The second kappa shape index (κ2) is 6.18. The lowest BCUT2D eigenvalue weighted by atomic mass is 10.7. The van der Waals surface area contributed by atoms with Crippen molar-refractivity contribution in [2.45, 2.75) is 6.92 Å². The predicted octanol–water partition coefficient (Wildman–Crippen LogP) is 1.93. The van der Waals surface area contributed by atoms with E-state index in [1.165, 1.54) is 0 Å². The first kappa shape index (κ1) is 7.18. The highest BCUT2D eigenvalue weighted by Crippen LogP contribution is 1.82. The maximum absolute atomic E-state index is 4.96. The van der Waals surface area contributed by atoms with Crippen molar-refractivity contribution in [2.75, 3.05) is 13.2 Å². The minimum absolute atomic E-state index is 0.710. The summed E-state index contributed by atoms with van der Waals surface area (Å²) in [7, 11) is 0. The van der Waals surface area contributed by atoms with Gasteiger partial charge in [0, 0.05) is 6.61 Å². The van der Waals surface area contributed by atoms with Gasteiger partial charge in [-0.1, -0.05) is 22.0 Å². The minimum atomic E-state index is 0.710. The fourth-order valence-electron chi connectivity index (χ4n) is 0.222. The van der Waals surface area contributed by atoms with Crippen molar-refractivity contribution < 1.29 is 4.74 Å². The molecule has 0 aromatic carbocycles. The Labute approximate surface area is 52.5 Å². The smallest absolute Gasteiger partial charge is 0.0655 e. The van der Waals surface area contributed by atoms with Gasteiger partial charge in [0.25, 0.3) is 0 Å². The van der Waals surface area contributed by atoms with E-state index in [0.717, 1.165) is 6.61 Å². The van der Waals surface area contributed by atoms with Crippen LogP contribution in [0.5, 0.6) is 0 Å². The lowest BCUT2D eigenvalue weighted by Gasteiger charge is -1.89. The first-order valence-corrected chi connectivity index (χ1v) is 3.16. The van der Waals surface area contributed by atoms with E-state index in [2.05, 4.69) is 15.9 Å². The average molecular weight is 165 g/mol. The summed E-state index contributed by atoms with van der Waals surface area (Å²) in [5, 5.41) is 0. The summed E-state index contributed by atoms with van der Waals surface area (Å²) in [5.41, 5.74) is 0. The van der Waals surface area contributed by atoms with Gasteiger partial charge in [0.15, 0.2) is 0 Å². The zero-order valence-electron chi connectivity index (χ0n) is 4.36. The van der Waals surface area contributed by atoms with Gasteiger partial charge < -0.3 is 4.74 Å². The summed E-state index contributed by atoms with van der Waals surface area (Å²) in [4.78, 5) is 1.79. The average Bonchev–Trinajstić information content (AvgIpc) is 1.69. The van der Waals surface area contributed by atoms with Crippen LogP contribution in [0.25, 0.3) is 0 Å². The SMILES string of the molecule is CCOC/C=C\Br. The Kier molecular flexibility index (Phi) is 6.34. The number of hydrogen-bond donors (Lipinski definition) is 0. The van der Waals surface area contributed by atoms with Crippen LogP contribution in [0.15, 0.2) is 11.1 Å². The lowest BCUT2D eigenvalue weighted by Crippen LogP contribution is -1.86. The van der Waals surface area contributed by atoms with Crippen LogP contribution >= 0.6 is 15.9 Å². The van der Waals surface area contributed by atoms with Crippen molar-refractivity contribution in [3.8, 4) is 0 Å². The van der Waals surface area contributed by atoms with Crippen LogP contribution in [0, 0.1) is 0 Å². The van der Waals surface area contributed by atoms with Gasteiger partial charge in [-0.25, -0.2) is 0 Å².